The fraction of sp³-hybridized carbons (Fsp3) is 0.500. The number of urea groups is 1. The molecule has 0 radical (unpaired) electrons. The van der Waals surface area contributed by atoms with Crippen LogP contribution >= 0.6 is 0 Å². The second-order valence-electron chi connectivity index (χ2n) is 6.58. The number of ether oxygens (including phenoxy) is 1. The molecule has 0 unspecified atom stereocenters. The van der Waals surface area contributed by atoms with Crippen LogP contribution in [0.3, 0.4) is 0 Å². The largest absolute Gasteiger partial charge is 0.449 e. The highest BCUT2D eigenvalue weighted by Gasteiger charge is 2.24. The van der Waals surface area contributed by atoms with Gasteiger partial charge in [-0.3, -0.25) is 20.2 Å². The minimum absolute atomic E-state index is 0.0330. The second-order valence-corrected chi connectivity index (χ2v) is 6.58. The van der Waals surface area contributed by atoms with E-state index in [0.717, 1.165) is 38.2 Å². The quantitative estimate of drug-likeness (QED) is 0.383. The van der Waals surface area contributed by atoms with Crippen molar-refractivity contribution in [3.8, 4) is 0 Å². The van der Waals surface area contributed by atoms with Gasteiger partial charge in [0.15, 0.2) is 6.10 Å². The van der Waals surface area contributed by atoms with E-state index in [1.807, 2.05) is 0 Å². The summed E-state index contributed by atoms with van der Waals surface area (Å²) < 4.78 is 5.02. The summed E-state index contributed by atoms with van der Waals surface area (Å²) in [6.45, 7) is 1.32. The van der Waals surface area contributed by atoms with Crippen LogP contribution in [-0.2, 0) is 9.53 Å². The lowest BCUT2D eigenvalue weighted by molar-refractivity contribution is -0.384. The van der Waals surface area contributed by atoms with E-state index in [2.05, 4.69) is 16.0 Å². The average molecular weight is 392 g/mol. The van der Waals surface area contributed by atoms with Gasteiger partial charge in [0.05, 0.1) is 10.5 Å². The molecule has 152 valence electrons. The zero-order valence-electron chi connectivity index (χ0n) is 15.8. The third kappa shape index (κ3) is 5.66. The molecule has 0 aromatic heterocycles. The van der Waals surface area contributed by atoms with Crippen LogP contribution in [0.15, 0.2) is 18.2 Å². The molecule has 1 fully saturated rings. The zero-order valence-corrected chi connectivity index (χ0v) is 15.8. The topological polar surface area (TPSA) is 140 Å². The molecule has 1 aliphatic carbocycles. The van der Waals surface area contributed by atoms with Gasteiger partial charge in [-0.15, -0.1) is 0 Å². The van der Waals surface area contributed by atoms with Gasteiger partial charge in [0.1, 0.15) is 5.69 Å². The van der Waals surface area contributed by atoms with Crippen molar-refractivity contribution in [2.45, 2.75) is 51.2 Å². The molecule has 1 saturated carbocycles. The Kier molecular flexibility index (Phi) is 7.30. The number of carbonyl (C=O) groups is 3. The van der Waals surface area contributed by atoms with E-state index in [9.17, 15) is 24.5 Å². The van der Waals surface area contributed by atoms with Crippen LogP contribution in [-0.4, -0.2) is 42.0 Å². The lowest BCUT2D eigenvalue weighted by Gasteiger charge is -2.23. The van der Waals surface area contributed by atoms with Crippen molar-refractivity contribution >= 4 is 29.3 Å². The van der Waals surface area contributed by atoms with Crippen molar-refractivity contribution in [1.82, 2.24) is 10.6 Å². The van der Waals surface area contributed by atoms with Crippen LogP contribution in [0.1, 0.15) is 49.4 Å². The molecule has 10 nitrogen and oxygen atoms in total. The number of esters is 1. The van der Waals surface area contributed by atoms with Gasteiger partial charge in [-0.2, -0.15) is 0 Å². The van der Waals surface area contributed by atoms with Crippen LogP contribution < -0.4 is 16.0 Å². The molecule has 28 heavy (non-hydrogen) atoms. The third-order valence-corrected chi connectivity index (χ3v) is 4.53. The molecule has 10 heteroatoms. The minimum atomic E-state index is -1.24. The van der Waals surface area contributed by atoms with Crippen molar-refractivity contribution < 1.29 is 24.0 Å². The maximum Gasteiger partial charge on any atom is 0.339 e. The Labute approximate surface area is 162 Å². The van der Waals surface area contributed by atoms with E-state index < -0.39 is 28.9 Å². The van der Waals surface area contributed by atoms with Crippen LogP contribution in [0.25, 0.3) is 0 Å². The third-order valence-electron chi connectivity index (χ3n) is 4.53. The van der Waals surface area contributed by atoms with Crippen molar-refractivity contribution in [1.29, 1.82) is 0 Å². The first kappa shape index (κ1) is 21.1. The number of hydrogen-bond acceptors (Lipinski definition) is 7. The Hall–Kier alpha value is -3.17. The summed E-state index contributed by atoms with van der Waals surface area (Å²) in [6.07, 6.45) is 3.70. The molecule has 0 aliphatic heterocycles. The number of anilines is 1. The number of nitro groups is 1. The molecule has 0 bridgehead atoms. The summed E-state index contributed by atoms with van der Waals surface area (Å²) >= 11 is 0. The van der Waals surface area contributed by atoms with Crippen LogP contribution in [0.5, 0.6) is 0 Å². The van der Waals surface area contributed by atoms with E-state index in [-0.39, 0.29) is 23.0 Å². The number of rotatable bonds is 6. The van der Waals surface area contributed by atoms with Crippen LogP contribution in [0.4, 0.5) is 16.2 Å². The first-order chi connectivity index (χ1) is 13.3. The number of nitro benzene ring substituents is 1. The standard InChI is InChI=1S/C18H24N4O6/c1-11(16(23)21-18(25)20-13-6-4-3-5-7-13)28-17(24)12-8-9-14(19-2)15(10-12)22(26)27/h8-11,13,19H,3-7H2,1-2H3,(H2,20,21,23,25)/t11-/m1/s1. The zero-order chi connectivity index (χ0) is 20.7. The van der Waals surface area contributed by atoms with Gasteiger partial charge in [-0.25, -0.2) is 9.59 Å². The molecule has 3 amide bonds. The fourth-order valence-electron chi connectivity index (χ4n) is 2.99. The van der Waals surface area contributed by atoms with E-state index in [1.54, 1.807) is 0 Å². The number of hydrogen-bond donors (Lipinski definition) is 3. The molecule has 1 atom stereocenters. The maximum absolute atomic E-state index is 12.2. The number of benzene rings is 1. The Balaban J connectivity index is 1.92. The lowest BCUT2D eigenvalue weighted by Crippen LogP contribution is -2.48. The first-order valence-electron chi connectivity index (χ1n) is 9.10. The molecule has 1 aromatic rings. The van der Waals surface area contributed by atoms with Crippen molar-refractivity contribution in [3.05, 3.63) is 33.9 Å². The van der Waals surface area contributed by atoms with Crippen LogP contribution in [0.2, 0.25) is 0 Å². The summed E-state index contributed by atoms with van der Waals surface area (Å²) in [5.41, 5.74) is -0.121. The van der Waals surface area contributed by atoms with Gasteiger partial charge in [0.2, 0.25) is 0 Å². The summed E-state index contributed by atoms with van der Waals surface area (Å²) in [4.78, 5) is 46.6. The van der Waals surface area contributed by atoms with Crippen molar-refractivity contribution in [2.24, 2.45) is 0 Å². The monoisotopic (exact) mass is 392 g/mol. The summed E-state index contributed by atoms with van der Waals surface area (Å²) in [5, 5.41) is 18.6. The minimum Gasteiger partial charge on any atom is -0.449 e. The van der Waals surface area contributed by atoms with E-state index in [1.165, 1.54) is 26.1 Å². The van der Waals surface area contributed by atoms with Crippen LogP contribution in [0, 0.1) is 10.1 Å². The normalized spacial score (nSPS) is 15.2. The summed E-state index contributed by atoms with van der Waals surface area (Å²) in [5.74, 6) is -1.68. The number of amides is 3. The van der Waals surface area contributed by atoms with E-state index in [0.29, 0.717) is 0 Å². The number of imide groups is 1. The number of nitrogens with one attached hydrogen (secondary N) is 3. The van der Waals surface area contributed by atoms with E-state index in [4.69, 9.17) is 4.74 Å². The van der Waals surface area contributed by atoms with Gasteiger partial charge in [-0.05, 0) is 31.9 Å². The highest BCUT2D eigenvalue weighted by Crippen LogP contribution is 2.25. The van der Waals surface area contributed by atoms with Gasteiger partial charge < -0.3 is 15.4 Å². The predicted molar refractivity (Wildman–Crippen MR) is 101 cm³/mol. The predicted octanol–water partition coefficient (Wildman–Crippen LogP) is 2.34. The molecule has 1 aromatic carbocycles. The highest BCUT2D eigenvalue weighted by atomic mass is 16.6. The Morgan fingerprint density at radius 1 is 1.21 bits per heavy atom. The molecule has 2 rings (SSSR count). The number of carbonyl (C=O) groups excluding carboxylic acids is 3. The Morgan fingerprint density at radius 3 is 2.50 bits per heavy atom. The van der Waals surface area contributed by atoms with Gasteiger partial charge in [0, 0.05) is 19.2 Å². The Bertz CT molecular complexity index is 760. The van der Waals surface area contributed by atoms with Gasteiger partial charge >= 0.3 is 12.0 Å². The fourth-order valence-corrected chi connectivity index (χ4v) is 2.99. The van der Waals surface area contributed by atoms with Crippen molar-refractivity contribution in [2.75, 3.05) is 12.4 Å². The molecule has 1 aliphatic rings. The lowest BCUT2D eigenvalue weighted by atomic mass is 9.96. The average Bonchev–Trinajstić information content (AvgIpc) is 2.67. The maximum atomic E-state index is 12.2. The second kappa shape index (κ2) is 9.67. The summed E-state index contributed by atoms with van der Waals surface area (Å²) in [6, 6.07) is 3.19. The molecule has 0 heterocycles. The SMILES string of the molecule is CNc1ccc(C(=O)O[C@H](C)C(=O)NC(=O)NC2CCCCC2)cc1[N+](=O)[O-]. The van der Waals surface area contributed by atoms with E-state index >= 15 is 0 Å². The molecule has 0 saturated heterocycles. The van der Waals surface area contributed by atoms with Gasteiger partial charge in [0.25, 0.3) is 11.6 Å². The smallest absolute Gasteiger partial charge is 0.339 e. The Morgan fingerprint density at radius 2 is 1.89 bits per heavy atom. The highest BCUT2D eigenvalue weighted by molar-refractivity contribution is 5.98. The molecule has 3 N–H and O–H groups in total. The molecular weight excluding hydrogens is 368 g/mol. The van der Waals surface area contributed by atoms with Crippen molar-refractivity contribution in [3.63, 3.8) is 0 Å². The summed E-state index contributed by atoms with van der Waals surface area (Å²) in [7, 11) is 1.52. The van der Waals surface area contributed by atoms with Gasteiger partial charge in [-0.1, -0.05) is 19.3 Å². The number of nitrogens with zero attached hydrogens (tertiary/aromatic N) is 1. The first-order valence-corrected chi connectivity index (χ1v) is 9.10. The molecular formula is C18H24N4O6. The molecule has 0 spiro atoms.